The van der Waals surface area contributed by atoms with E-state index in [4.69, 9.17) is 9.47 Å². The van der Waals surface area contributed by atoms with Crippen LogP contribution >= 0.6 is 0 Å². The Hall–Kier alpha value is -0.930. The van der Waals surface area contributed by atoms with Gasteiger partial charge in [0.2, 0.25) is 0 Å². The first-order valence-corrected chi connectivity index (χ1v) is 9.65. The standard InChI is InChI=1S/C21H33FO2/c1-4-6-7-9-19-12-13-20(15-24-19)23-14-18-11-10-17(8-5-2)21(22)16(18)3/h10-11,19-20H,4-9,12-15H2,1-3H3. The Morgan fingerprint density at radius 1 is 1.12 bits per heavy atom. The fourth-order valence-electron chi connectivity index (χ4n) is 3.37. The Morgan fingerprint density at radius 2 is 1.92 bits per heavy atom. The highest BCUT2D eigenvalue weighted by Gasteiger charge is 2.22. The summed E-state index contributed by atoms with van der Waals surface area (Å²) in [4.78, 5) is 0. The molecular weight excluding hydrogens is 303 g/mol. The second-order valence-electron chi connectivity index (χ2n) is 7.03. The summed E-state index contributed by atoms with van der Waals surface area (Å²) in [7, 11) is 0. The fraction of sp³-hybridized carbons (Fsp3) is 0.714. The molecule has 0 saturated carbocycles. The summed E-state index contributed by atoms with van der Waals surface area (Å²) in [5.41, 5.74) is 2.50. The van der Waals surface area contributed by atoms with Crippen molar-refractivity contribution >= 4 is 0 Å². The van der Waals surface area contributed by atoms with E-state index in [1.54, 1.807) is 0 Å². The van der Waals surface area contributed by atoms with Gasteiger partial charge in [-0.15, -0.1) is 0 Å². The van der Waals surface area contributed by atoms with Gasteiger partial charge in [-0.1, -0.05) is 51.7 Å². The molecule has 0 amide bonds. The molecule has 1 saturated heterocycles. The lowest BCUT2D eigenvalue weighted by molar-refractivity contribution is -0.0928. The van der Waals surface area contributed by atoms with Crippen molar-refractivity contribution in [1.82, 2.24) is 0 Å². The van der Waals surface area contributed by atoms with Crippen LogP contribution in [0, 0.1) is 12.7 Å². The van der Waals surface area contributed by atoms with Crippen molar-refractivity contribution in [2.45, 2.75) is 91.0 Å². The van der Waals surface area contributed by atoms with Crippen LogP contribution in [0.4, 0.5) is 4.39 Å². The molecule has 2 unspecified atom stereocenters. The maximum absolute atomic E-state index is 14.3. The second kappa shape index (κ2) is 10.1. The van der Waals surface area contributed by atoms with Crippen LogP contribution in [0.15, 0.2) is 12.1 Å². The molecule has 2 rings (SSSR count). The maximum atomic E-state index is 14.3. The van der Waals surface area contributed by atoms with Gasteiger partial charge in [-0.2, -0.15) is 0 Å². The summed E-state index contributed by atoms with van der Waals surface area (Å²) in [6.45, 7) is 7.31. The first-order valence-electron chi connectivity index (χ1n) is 9.65. The molecule has 0 spiro atoms. The van der Waals surface area contributed by atoms with Crippen molar-refractivity contribution in [3.8, 4) is 0 Å². The monoisotopic (exact) mass is 336 g/mol. The summed E-state index contributed by atoms with van der Waals surface area (Å²) in [5, 5.41) is 0. The molecule has 1 heterocycles. The molecule has 24 heavy (non-hydrogen) atoms. The summed E-state index contributed by atoms with van der Waals surface area (Å²) in [5.74, 6) is -0.0613. The minimum absolute atomic E-state index is 0.0613. The van der Waals surface area contributed by atoms with Crippen LogP contribution in [-0.2, 0) is 22.5 Å². The van der Waals surface area contributed by atoms with E-state index in [2.05, 4.69) is 13.8 Å². The van der Waals surface area contributed by atoms with Crippen molar-refractivity contribution in [3.63, 3.8) is 0 Å². The number of rotatable bonds is 9. The number of ether oxygens (including phenoxy) is 2. The number of benzene rings is 1. The lowest BCUT2D eigenvalue weighted by Crippen LogP contribution is -2.31. The first-order chi connectivity index (χ1) is 11.7. The Bertz CT molecular complexity index is 493. The lowest BCUT2D eigenvalue weighted by atomic mass is 10.0. The van der Waals surface area contributed by atoms with E-state index in [0.29, 0.717) is 19.3 Å². The van der Waals surface area contributed by atoms with Gasteiger partial charge in [0.1, 0.15) is 5.82 Å². The third-order valence-electron chi connectivity index (χ3n) is 5.03. The van der Waals surface area contributed by atoms with E-state index >= 15 is 0 Å². The number of unbranched alkanes of at least 4 members (excludes halogenated alkanes) is 2. The smallest absolute Gasteiger partial charge is 0.129 e. The fourth-order valence-corrected chi connectivity index (χ4v) is 3.37. The van der Waals surface area contributed by atoms with Crippen molar-refractivity contribution in [3.05, 3.63) is 34.6 Å². The molecule has 0 aliphatic carbocycles. The number of hydrogen-bond donors (Lipinski definition) is 0. The quantitative estimate of drug-likeness (QED) is 0.536. The van der Waals surface area contributed by atoms with Gasteiger partial charge >= 0.3 is 0 Å². The number of hydrogen-bond acceptors (Lipinski definition) is 2. The van der Waals surface area contributed by atoms with E-state index < -0.39 is 0 Å². The van der Waals surface area contributed by atoms with Gasteiger partial charge in [0.15, 0.2) is 0 Å². The predicted octanol–water partition coefficient (Wildman–Crippen LogP) is 5.73. The van der Waals surface area contributed by atoms with Gasteiger partial charge in [0.25, 0.3) is 0 Å². The number of halogens is 1. The van der Waals surface area contributed by atoms with Crippen LogP contribution in [0.3, 0.4) is 0 Å². The SMILES string of the molecule is CCCCCC1CCC(OCc2ccc(CCC)c(F)c2C)CO1. The highest BCUT2D eigenvalue weighted by molar-refractivity contribution is 5.32. The van der Waals surface area contributed by atoms with Crippen LogP contribution in [0.2, 0.25) is 0 Å². The van der Waals surface area contributed by atoms with Crippen LogP contribution in [0.25, 0.3) is 0 Å². The Morgan fingerprint density at radius 3 is 2.58 bits per heavy atom. The zero-order chi connectivity index (χ0) is 17.4. The summed E-state index contributed by atoms with van der Waals surface area (Å²) in [6, 6.07) is 3.92. The third kappa shape index (κ3) is 5.56. The Kier molecular flexibility index (Phi) is 8.20. The Labute approximate surface area is 146 Å². The molecule has 1 aromatic rings. The molecule has 2 atom stereocenters. The molecule has 0 N–H and O–H groups in total. The zero-order valence-corrected chi connectivity index (χ0v) is 15.6. The average molecular weight is 336 g/mol. The molecule has 1 aliphatic rings. The van der Waals surface area contributed by atoms with Crippen molar-refractivity contribution in [1.29, 1.82) is 0 Å². The summed E-state index contributed by atoms with van der Waals surface area (Å²) in [6.07, 6.45) is 9.41. The van der Waals surface area contributed by atoms with E-state index in [-0.39, 0.29) is 11.9 Å². The van der Waals surface area contributed by atoms with Gasteiger partial charge < -0.3 is 9.47 Å². The molecule has 136 valence electrons. The molecule has 1 aliphatic heterocycles. The van der Waals surface area contributed by atoms with Gasteiger partial charge in [0.05, 0.1) is 25.4 Å². The molecule has 1 fully saturated rings. The predicted molar refractivity (Wildman–Crippen MR) is 96.8 cm³/mol. The molecule has 0 aromatic heterocycles. The molecule has 0 bridgehead atoms. The van der Waals surface area contributed by atoms with E-state index in [0.717, 1.165) is 42.4 Å². The highest BCUT2D eigenvalue weighted by Crippen LogP contribution is 2.23. The summed E-state index contributed by atoms with van der Waals surface area (Å²) < 4.78 is 26.3. The van der Waals surface area contributed by atoms with E-state index in [9.17, 15) is 4.39 Å². The van der Waals surface area contributed by atoms with Crippen LogP contribution in [0.1, 0.15) is 75.5 Å². The summed E-state index contributed by atoms with van der Waals surface area (Å²) >= 11 is 0. The molecule has 3 heteroatoms. The number of aryl methyl sites for hydroxylation is 1. The molecule has 2 nitrogen and oxygen atoms in total. The molecular formula is C21H33FO2. The second-order valence-corrected chi connectivity index (χ2v) is 7.03. The van der Waals surface area contributed by atoms with E-state index in [1.165, 1.54) is 25.7 Å². The van der Waals surface area contributed by atoms with Crippen LogP contribution < -0.4 is 0 Å². The minimum atomic E-state index is -0.0613. The van der Waals surface area contributed by atoms with Gasteiger partial charge in [-0.25, -0.2) is 4.39 Å². The van der Waals surface area contributed by atoms with Crippen LogP contribution in [0.5, 0.6) is 0 Å². The highest BCUT2D eigenvalue weighted by atomic mass is 19.1. The largest absolute Gasteiger partial charge is 0.376 e. The molecule has 1 aromatic carbocycles. The van der Waals surface area contributed by atoms with Crippen molar-refractivity contribution < 1.29 is 13.9 Å². The minimum Gasteiger partial charge on any atom is -0.376 e. The third-order valence-corrected chi connectivity index (χ3v) is 5.03. The van der Waals surface area contributed by atoms with Crippen molar-refractivity contribution in [2.75, 3.05) is 6.61 Å². The lowest BCUT2D eigenvalue weighted by Gasteiger charge is -2.29. The zero-order valence-electron chi connectivity index (χ0n) is 15.6. The maximum Gasteiger partial charge on any atom is 0.129 e. The first kappa shape index (κ1) is 19.4. The van der Waals surface area contributed by atoms with Gasteiger partial charge in [0, 0.05) is 0 Å². The Balaban J connectivity index is 1.77. The van der Waals surface area contributed by atoms with Crippen LogP contribution in [-0.4, -0.2) is 18.8 Å². The normalized spacial score (nSPS) is 21.2. The van der Waals surface area contributed by atoms with Gasteiger partial charge in [-0.3, -0.25) is 0 Å². The van der Waals surface area contributed by atoms with Gasteiger partial charge in [-0.05, 0) is 49.3 Å². The van der Waals surface area contributed by atoms with E-state index in [1.807, 2.05) is 19.1 Å². The molecule has 0 radical (unpaired) electrons. The van der Waals surface area contributed by atoms with Crippen molar-refractivity contribution in [2.24, 2.45) is 0 Å². The topological polar surface area (TPSA) is 18.5 Å². The average Bonchev–Trinajstić information content (AvgIpc) is 2.60.